The third-order valence-corrected chi connectivity index (χ3v) is 8.21. The first-order chi connectivity index (χ1) is 14.1. The van der Waals surface area contributed by atoms with Crippen LogP contribution < -0.4 is 5.32 Å². The Kier molecular flexibility index (Phi) is 3.85. The number of anilines is 1. The molecule has 3 aromatic rings. The molecule has 1 aromatic carbocycles. The summed E-state index contributed by atoms with van der Waals surface area (Å²) in [6.07, 6.45) is 8.64. The van der Waals surface area contributed by atoms with Crippen molar-refractivity contribution in [1.82, 2.24) is 19.8 Å². The Labute approximate surface area is 173 Å². The van der Waals surface area contributed by atoms with E-state index in [2.05, 4.69) is 20.6 Å². The largest absolute Gasteiger partial charge is 0.325 e. The number of carbonyl (C=O) groups is 1. The van der Waals surface area contributed by atoms with Crippen LogP contribution in [0.5, 0.6) is 0 Å². The zero-order chi connectivity index (χ0) is 19.6. The van der Waals surface area contributed by atoms with Gasteiger partial charge in [0.2, 0.25) is 10.9 Å². The van der Waals surface area contributed by atoms with Crippen LogP contribution in [-0.4, -0.2) is 25.7 Å². The normalized spacial score (nSPS) is 30.2. The standard InChI is InChI=1S/C22H25N5OS/c1-13-24-25-21-27(13)26-20(29-21)17-4-2-3-5-18(17)23-19(28)12-22-9-14-6-15(10-22)8-16(7-14)11-22/h2-5,14-16H,6-12H2,1H3,(H,23,28). The average molecular weight is 408 g/mol. The molecule has 0 atom stereocenters. The van der Waals surface area contributed by atoms with Crippen molar-refractivity contribution < 1.29 is 4.79 Å². The number of fused-ring (bicyclic) bond motifs is 1. The molecule has 2 aromatic heterocycles. The molecule has 1 N–H and O–H groups in total. The van der Waals surface area contributed by atoms with Gasteiger partial charge in [-0.15, -0.1) is 10.2 Å². The lowest BCUT2D eigenvalue weighted by molar-refractivity contribution is -0.124. The number of hydrogen-bond acceptors (Lipinski definition) is 5. The van der Waals surface area contributed by atoms with E-state index < -0.39 is 0 Å². The van der Waals surface area contributed by atoms with Crippen LogP contribution >= 0.6 is 11.3 Å². The van der Waals surface area contributed by atoms with Gasteiger partial charge >= 0.3 is 0 Å². The van der Waals surface area contributed by atoms with E-state index in [1.807, 2.05) is 31.2 Å². The van der Waals surface area contributed by atoms with Crippen LogP contribution in [-0.2, 0) is 4.79 Å². The highest BCUT2D eigenvalue weighted by atomic mass is 32.1. The van der Waals surface area contributed by atoms with Crippen molar-refractivity contribution in [1.29, 1.82) is 0 Å². The van der Waals surface area contributed by atoms with Crippen LogP contribution in [0.2, 0.25) is 0 Å². The number of aryl methyl sites for hydroxylation is 1. The summed E-state index contributed by atoms with van der Waals surface area (Å²) in [6, 6.07) is 7.94. The lowest BCUT2D eigenvalue weighted by Crippen LogP contribution is -2.47. The molecule has 7 rings (SSSR count). The first-order valence-corrected chi connectivity index (χ1v) is 11.5. The van der Waals surface area contributed by atoms with Crippen molar-refractivity contribution >= 4 is 27.9 Å². The van der Waals surface area contributed by atoms with E-state index in [1.165, 1.54) is 49.9 Å². The fraction of sp³-hybridized carbons (Fsp3) is 0.545. The van der Waals surface area contributed by atoms with E-state index in [4.69, 9.17) is 0 Å². The Balaban J connectivity index is 1.24. The SMILES string of the molecule is Cc1nnc2sc(-c3ccccc3NC(=O)CC34CC5CC(CC(C5)C3)C4)nn12. The molecule has 2 heterocycles. The number of para-hydroxylation sites is 1. The maximum Gasteiger partial charge on any atom is 0.234 e. The Morgan fingerprint density at radius 3 is 2.52 bits per heavy atom. The number of nitrogens with one attached hydrogen (secondary N) is 1. The molecular formula is C22H25N5OS. The molecule has 4 saturated carbocycles. The van der Waals surface area contributed by atoms with E-state index in [0.717, 1.165) is 44.8 Å². The second kappa shape index (κ2) is 6.36. The summed E-state index contributed by atoms with van der Waals surface area (Å²) in [5.41, 5.74) is 2.03. The van der Waals surface area contributed by atoms with Crippen molar-refractivity contribution in [3.05, 3.63) is 30.1 Å². The molecule has 150 valence electrons. The monoisotopic (exact) mass is 407 g/mol. The lowest BCUT2D eigenvalue weighted by Gasteiger charge is -2.56. The third kappa shape index (κ3) is 2.98. The van der Waals surface area contributed by atoms with Gasteiger partial charge < -0.3 is 5.32 Å². The van der Waals surface area contributed by atoms with Gasteiger partial charge in [-0.25, -0.2) is 0 Å². The van der Waals surface area contributed by atoms with Crippen LogP contribution in [0.25, 0.3) is 15.5 Å². The Morgan fingerprint density at radius 2 is 1.83 bits per heavy atom. The van der Waals surface area contributed by atoms with Crippen LogP contribution in [0.15, 0.2) is 24.3 Å². The van der Waals surface area contributed by atoms with Gasteiger partial charge in [0.1, 0.15) is 5.01 Å². The molecule has 0 unspecified atom stereocenters. The smallest absolute Gasteiger partial charge is 0.234 e. The van der Waals surface area contributed by atoms with Gasteiger partial charge in [0.25, 0.3) is 0 Å². The van der Waals surface area contributed by atoms with E-state index in [-0.39, 0.29) is 11.3 Å². The minimum atomic E-state index is 0.151. The zero-order valence-corrected chi connectivity index (χ0v) is 17.4. The topological polar surface area (TPSA) is 72.2 Å². The molecular weight excluding hydrogens is 382 g/mol. The number of aromatic nitrogens is 4. The highest BCUT2D eigenvalue weighted by Gasteiger charge is 2.51. The highest BCUT2D eigenvalue weighted by molar-refractivity contribution is 7.19. The van der Waals surface area contributed by atoms with Crippen molar-refractivity contribution in [2.45, 2.75) is 51.9 Å². The van der Waals surface area contributed by atoms with E-state index in [9.17, 15) is 4.79 Å². The van der Waals surface area contributed by atoms with Crippen LogP contribution in [0.3, 0.4) is 0 Å². The van der Waals surface area contributed by atoms with Gasteiger partial charge in [-0.1, -0.05) is 23.5 Å². The van der Waals surface area contributed by atoms with Crippen LogP contribution in [0, 0.1) is 30.1 Å². The Morgan fingerprint density at radius 1 is 1.14 bits per heavy atom. The number of hydrogen-bond donors (Lipinski definition) is 1. The second-order valence-electron chi connectivity index (χ2n) is 9.54. The van der Waals surface area contributed by atoms with Gasteiger partial charge in [0.05, 0.1) is 5.69 Å². The first-order valence-electron chi connectivity index (χ1n) is 10.6. The fourth-order valence-corrected chi connectivity index (χ4v) is 7.57. The average Bonchev–Trinajstić information content (AvgIpc) is 3.23. The molecule has 29 heavy (non-hydrogen) atoms. The van der Waals surface area contributed by atoms with Crippen molar-refractivity contribution in [2.24, 2.45) is 23.2 Å². The molecule has 0 spiro atoms. The first kappa shape index (κ1) is 17.6. The van der Waals surface area contributed by atoms with E-state index in [1.54, 1.807) is 4.52 Å². The number of benzene rings is 1. The summed E-state index contributed by atoms with van der Waals surface area (Å²) < 4.78 is 1.76. The molecule has 4 aliphatic carbocycles. The quantitative estimate of drug-likeness (QED) is 0.680. The van der Waals surface area contributed by atoms with Gasteiger partial charge in [0.15, 0.2) is 5.82 Å². The molecule has 7 heteroatoms. The number of carbonyl (C=O) groups excluding carboxylic acids is 1. The van der Waals surface area contributed by atoms with Crippen molar-refractivity contribution in [3.63, 3.8) is 0 Å². The zero-order valence-electron chi connectivity index (χ0n) is 16.6. The predicted octanol–water partition coefficient (Wildman–Crippen LogP) is 4.71. The molecule has 4 fully saturated rings. The minimum absolute atomic E-state index is 0.151. The molecule has 1 amide bonds. The van der Waals surface area contributed by atoms with E-state index >= 15 is 0 Å². The summed E-state index contributed by atoms with van der Waals surface area (Å²) in [5.74, 6) is 3.52. The summed E-state index contributed by atoms with van der Waals surface area (Å²) >= 11 is 1.49. The van der Waals surface area contributed by atoms with Gasteiger partial charge in [-0.05, 0) is 80.8 Å². The summed E-state index contributed by atoms with van der Waals surface area (Å²) in [5, 5.41) is 16.9. The lowest BCUT2D eigenvalue weighted by atomic mass is 9.49. The summed E-state index contributed by atoms with van der Waals surface area (Å²) in [7, 11) is 0. The van der Waals surface area contributed by atoms with Gasteiger partial charge in [-0.3, -0.25) is 4.79 Å². The molecule has 6 nitrogen and oxygen atoms in total. The fourth-order valence-electron chi connectivity index (χ4n) is 6.64. The molecule has 4 bridgehead atoms. The van der Waals surface area contributed by atoms with Crippen molar-refractivity contribution in [2.75, 3.05) is 5.32 Å². The molecule has 0 aliphatic heterocycles. The van der Waals surface area contributed by atoms with Gasteiger partial charge in [-0.2, -0.15) is 9.61 Å². The van der Waals surface area contributed by atoms with Gasteiger partial charge in [0, 0.05) is 12.0 Å². The number of nitrogens with zero attached hydrogens (tertiary/aromatic N) is 4. The molecule has 0 radical (unpaired) electrons. The molecule has 0 saturated heterocycles. The Hall–Kier alpha value is -2.28. The van der Waals surface area contributed by atoms with Crippen LogP contribution in [0.1, 0.15) is 50.8 Å². The molecule has 4 aliphatic rings. The summed E-state index contributed by atoms with van der Waals surface area (Å²) in [6.45, 7) is 1.89. The van der Waals surface area contributed by atoms with Crippen LogP contribution in [0.4, 0.5) is 5.69 Å². The highest BCUT2D eigenvalue weighted by Crippen LogP contribution is 2.61. The van der Waals surface area contributed by atoms with Crippen molar-refractivity contribution in [3.8, 4) is 10.6 Å². The maximum absolute atomic E-state index is 13.1. The third-order valence-electron chi connectivity index (χ3n) is 7.28. The predicted molar refractivity (Wildman–Crippen MR) is 113 cm³/mol. The Bertz CT molecular complexity index is 1060. The number of amides is 1. The maximum atomic E-state index is 13.1. The number of rotatable bonds is 4. The summed E-state index contributed by atoms with van der Waals surface area (Å²) in [4.78, 5) is 13.9. The minimum Gasteiger partial charge on any atom is -0.325 e. The second-order valence-corrected chi connectivity index (χ2v) is 10.5. The van der Waals surface area contributed by atoms with E-state index in [0.29, 0.717) is 6.42 Å².